The molecular formula is C58H50N2O. The zero-order chi connectivity index (χ0) is 42.1. The van der Waals surface area contributed by atoms with Gasteiger partial charge in [0.05, 0.1) is 28.2 Å². The summed E-state index contributed by atoms with van der Waals surface area (Å²) in [5.41, 5.74) is 16.3. The van der Waals surface area contributed by atoms with Crippen molar-refractivity contribution in [1.29, 1.82) is 0 Å². The maximum Gasteiger partial charge on any atom is 0.193 e. The molecule has 1 aliphatic carbocycles. The van der Waals surface area contributed by atoms with Crippen LogP contribution in [0.1, 0.15) is 90.8 Å². The average Bonchev–Trinajstić information content (AvgIpc) is 3.28. The Hall–Kier alpha value is -6.97. The Morgan fingerprint density at radius 1 is 0.377 bits per heavy atom. The number of fused-ring (bicyclic) bond motifs is 4. The van der Waals surface area contributed by atoms with Crippen molar-refractivity contribution in [3.05, 3.63) is 239 Å². The lowest BCUT2D eigenvalue weighted by Crippen LogP contribution is -2.38. The van der Waals surface area contributed by atoms with Gasteiger partial charge in [-0.2, -0.15) is 0 Å². The molecule has 0 N–H and O–H groups in total. The summed E-state index contributed by atoms with van der Waals surface area (Å²) in [6.07, 6.45) is 0. The Morgan fingerprint density at radius 3 is 1.43 bits per heavy atom. The van der Waals surface area contributed by atoms with Gasteiger partial charge < -0.3 is 9.80 Å². The zero-order valence-corrected chi connectivity index (χ0v) is 35.8. The molecule has 8 aromatic carbocycles. The average molecular weight is 791 g/mol. The maximum atomic E-state index is 14.5. The highest BCUT2D eigenvalue weighted by atomic mass is 16.1. The van der Waals surface area contributed by atoms with E-state index < -0.39 is 5.41 Å². The maximum absolute atomic E-state index is 14.5. The number of hydrogen-bond acceptors (Lipinski definition) is 3. The summed E-state index contributed by atoms with van der Waals surface area (Å²) in [6.45, 7) is 13.7. The standard InChI is InChI=1S/C58H50N2O/c1-56(2,3)43-30-33-51-53(37-43)59(45-24-14-9-15-25-45)54-38-44(57(4,5)6)31-34-52(54)60(51)46-26-18-19-39(35-46)40-29-32-48-50(36-40)58(41-20-10-7-11-21-41,42-22-12-8-13-23-42)49-28-17-16-27-47(49)55(48)61/h7-38H,1-6H3. The minimum atomic E-state index is -0.711. The number of carbonyl (C=O) groups excluding carboxylic acids is 1. The Balaban J connectivity index is 1.19. The second kappa shape index (κ2) is 14.3. The van der Waals surface area contributed by atoms with E-state index in [1.807, 2.05) is 12.1 Å². The van der Waals surface area contributed by atoms with Crippen molar-refractivity contribution >= 4 is 39.9 Å². The van der Waals surface area contributed by atoms with Crippen molar-refractivity contribution in [2.45, 2.75) is 57.8 Å². The molecule has 0 saturated heterocycles. The van der Waals surface area contributed by atoms with Gasteiger partial charge in [-0.05, 0) is 110 Å². The number of ketones is 1. The predicted octanol–water partition coefficient (Wildman–Crippen LogP) is 15.1. The van der Waals surface area contributed by atoms with E-state index in [1.165, 1.54) is 11.1 Å². The Morgan fingerprint density at radius 2 is 0.852 bits per heavy atom. The normalized spacial score (nSPS) is 14.2. The summed E-state index contributed by atoms with van der Waals surface area (Å²) in [4.78, 5) is 19.4. The smallest absolute Gasteiger partial charge is 0.193 e. The highest BCUT2D eigenvalue weighted by Gasteiger charge is 2.46. The van der Waals surface area contributed by atoms with Crippen LogP contribution in [-0.2, 0) is 16.2 Å². The Bertz CT molecular complexity index is 2850. The van der Waals surface area contributed by atoms with Gasteiger partial charge in [0.1, 0.15) is 0 Å². The fourth-order valence-electron chi connectivity index (χ4n) is 9.63. The lowest BCUT2D eigenvalue weighted by Gasteiger charge is -2.42. The molecule has 0 bridgehead atoms. The minimum absolute atomic E-state index is 0.0429. The molecular weight excluding hydrogens is 741 g/mol. The van der Waals surface area contributed by atoms with E-state index in [4.69, 9.17) is 0 Å². The van der Waals surface area contributed by atoms with Crippen molar-refractivity contribution in [2.75, 3.05) is 9.80 Å². The van der Waals surface area contributed by atoms with Gasteiger partial charge in [0.2, 0.25) is 0 Å². The lowest BCUT2D eigenvalue weighted by molar-refractivity contribution is 0.103. The van der Waals surface area contributed by atoms with Gasteiger partial charge in [-0.15, -0.1) is 0 Å². The van der Waals surface area contributed by atoms with Crippen molar-refractivity contribution < 1.29 is 4.79 Å². The molecule has 10 rings (SSSR count). The van der Waals surface area contributed by atoms with Crippen molar-refractivity contribution in [2.24, 2.45) is 0 Å². The summed E-state index contributed by atoms with van der Waals surface area (Å²) in [7, 11) is 0. The summed E-state index contributed by atoms with van der Waals surface area (Å²) in [5.74, 6) is 0.0575. The summed E-state index contributed by atoms with van der Waals surface area (Å²) >= 11 is 0. The van der Waals surface area contributed by atoms with E-state index in [-0.39, 0.29) is 16.6 Å². The van der Waals surface area contributed by atoms with Crippen LogP contribution in [0.15, 0.2) is 194 Å². The fraction of sp³-hybridized carbons (Fsp3) is 0.155. The molecule has 0 saturated carbocycles. The second-order valence-corrected chi connectivity index (χ2v) is 18.6. The number of carbonyl (C=O) groups is 1. The molecule has 0 spiro atoms. The zero-order valence-electron chi connectivity index (χ0n) is 35.8. The van der Waals surface area contributed by atoms with Crippen LogP contribution in [0.5, 0.6) is 0 Å². The molecule has 1 heterocycles. The summed E-state index contributed by atoms with van der Waals surface area (Å²) < 4.78 is 0. The van der Waals surface area contributed by atoms with E-state index in [2.05, 4.69) is 233 Å². The van der Waals surface area contributed by atoms with Crippen LogP contribution in [0.4, 0.5) is 34.1 Å². The minimum Gasteiger partial charge on any atom is -0.306 e. The third-order valence-electron chi connectivity index (χ3n) is 12.8. The Labute approximate surface area is 360 Å². The van der Waals surface area contributed by atoms with Crippen LogP contribution in [0.25, 0.3) is 11.1 Å². The highest BCUT2D eigenvalue weighted by Crippen LogP contribution is 2.56. The van der Waals surface area contributed by atoms with Crippen LogP contribution in [0.3, 0.4) is 0 Å². The molecule has 298 valence electrons. The first kappa shape index (κ1) is 38.2. The first-order valence-electron chi connectivity index (χ1n) is 21.4. The van der Waals surface area contributed by atoms with Gasteiger partial charge >= 0.3 is 0 Å². The van der Waals surface area contributed by atoms with E-state index in [0.29, 0.717) is 0 Å². The van der Waals surface area contributed by atoms with E-state index in [9.17, 15) is 4.79 Å². The molecule has 0 aromatic heterocycles. The molecule has 0 fully saturated rings. The van der Waals surface area contributed by atoms with Gasteiger partial charge in [-0.1, -0.05) is 181 Å². The third-order valence-corrected chi connectivity index (χ3v) is 12.8. The van der Waals surface area contributed by atoms with Crippen LogP contribution < -0.4 is 9.80 Å². The molecule has 3 nitrogen and oxygen atoms in total. The molecule has 0 atom stereocenters. The van der Waals surface area contributed by atoms with Crippen molar-refractivity contribution in [1.82, 2.24) is 0 Å². The first-order valence-corrected chi connectivity index (χ1v) is 21.4. The topological polar surface area (TPSA) is 23.6 Å². The molecule has 61 heavy (non-hydrogen) atoms. The molecule has 8 aromatic rings. The van der Waals surface area contributed by atoms with Gasteiger partial charge in [-0.3, -0.25) is 4.79 Å². The predicted molar refractivity (Wildman–Crippen MR) is 254 cm³/mol. The van der Waals surface area contributed by atoms with Gasteiger partial charge in [-0.25, -0.2) is 0 Å². The van der Waals surface area contributed by atoms with Crippen LogP contribution >= 0.6 is 0 Å². The number of nitrogens with zero attached hydrogens (tertiary/aromatic N) is 2. The number of para-hydroxylation sites is 1. The number of anilines is 6. The van der Waals surface area contributed by atoms with Crippen LogP contribution in [-0.4, -0.2) is 5.78 Å². The first-order chi connectivity index (χ1) is 29.4. The molecule has 0 radical (unpaired) electrons. The molecule has 0 unspecified atom stereocenters. The van der Waals surface area contributed by atoms with Gasteiger partial charge in [0, 0.05) is 22.5 Å². The van der Waals surface area contributed by atoms with Crippen molar-refractivity contribution in [3.63, 3.8) is 0 Å². The number of benzene rings is 8. The third kappa shape index (κ3) is 6.22. The molecule has 1 aliphatic heterocycles. The van der Waals surface area contributed by atoms with Crippen LogP contribution in [0.2, 0.25) is 0 Å². The summed E-state index contributed by atoms with van der Waals surface area (Å²) in [6, 6.07) is 69.6. The van der Waals surface area contributed by atoms with E-state index in [1.54, 1.807) is 0 Å². The van der Waals surface area contributed by atoms with E-state index >= 15 is 0 Å². The number of rotatable bonds is 5. The second-order valence-electron chi connectivity index (χ2n) is 18.6. The fourth-order valence-corrected chi connectivity index (χ4v) is 9.63. The van der Waals surface area contributed by atoms with Gasteiger partial charge in [0.25, 0.3) is 0 Å². The highest BCUT2D eigenvalue weighted by molar-refractivity contribution is 6.14. The Kier molecular flexibility index (Phi) is 9.00. The van der Waals surface area contributed by atoms with Crippen molar-refractivity contribution in [3.8, 4) is 11.1 Å². The molecule has 0 amide bonds. The van der Waals surface area contributed by atoms with Gasteiger partial charge in [0.15, 0.2) is 5.78 Å². The lowest BCUT2D eigenvalue weighted by atomic mass is 9.59. The molecule has 3 heteroatoms. The summed E-state index contributed by atoms with van der Waals surface area (Å²) in [5, 5.41) is 0. The monoisotopic (exact) mass is 790 g/mol. The largest absolute Gasteiger partial charge is 0.306 e. The quantitative estimate of drug-likeness (QED) is 0.173. The van der Waals surface area contributed by atoms with Crippen LogP contribution in [0, 0.1) is 0 Å². The molecule has 2 aliphatic rings. The van der Waals surface area contributed by atoms with E-state index in [0.717, 1.165) is 78.6 Å². The SMILES string of the molecule is CC(C)(C)c1ccc2c(c1)N(c1ccccc1)c1cc(C(C)(C)C)ccc1N2c1cccc(-c2ccc3c(c2)C(c2ccccc2)(c2ccccc2)c2ccccc2C3=O)c1. The number of hydrogen-bond donors (Lipinski definition) is 0.